The van der Waals surface area contributed by atoms with Gasteiger partial charge in [-0.3, -0.25) is 0 Å². The zero-order valence-corrected chi connectivity index (χ0v) is 20.4. The van der Waals surface area contributed by atoms with E-state index in [4.69, 9.17) is 0 Å². The molecule has 2 fully saturated rings. The number of hydrogen-bond acceptors (Lipinski definition) is 0. The van der Waals surface area contributed by atoms with Gasteiger partial charge < -0.3 is 0 Å². The number of hydrogen-bond donors (Lipinski definition) is 0. The minimum atomic E-state index is 0.547. The molecule has 0 aliphatic heterocycles. The first-order valence-corrected chi connectivity index (χ1v) is 13.1. The van der Waals surface area contributed by atoms with Crippen molar-refractivity contribution in [3.63, 3.8) is 0 Å². The molecule has 29 heavy (non-hydrogen) atoms. The highest BCUT2D eigenvalue weighted by atomic mass is 14.6. The predicted octanol–water partition coefficient (Wildman–Crippen LogP) is 8.97. The highest BCUT2D eigenvalue weighted by molar-refractivity contribution is 5.34. The topological polar surface area (TPSA) is 0 Å². The smallest absolute Gasteiger partial charge is 0.00827 e. The Morgan fingerprint density at radius 2 is 1.79 bits per heavy atom. The molecular formula is C29H48. The fraction of sp³-hybridized carbons (Fsp3) is 0.862. The van der Waals surface area contributed by atoms with Gasteiger partial charge in [-0.1, -0.05) is 77.7 Å². The van der Waals surface area contributed by atoms with Crippen LogP contribution in [0.1, 0.15) is 112 Å². The number of fused-ring (bicyclic) bond motifs is 4. The van der Waals surface area contributed by atoms with Gasteiger partial charge in [-0.2, -0.15) is 0 Å². The van der Waals surface area contributed by atoms with Crippen LogP contribution in [0.3, 0.4) is 0 Å². The van der Waals surface area contributed by atoms with E-state index in [0.29, 0.717) is 16.7 Å². The molecule has 0 heteroatoms. The summed E-state index contributed by atoms with van der Waals surface area (Å²) in [6, 6.07) is 0. The Morgan fingerprint density at radius 3 is 2.52 bits per heavy atom. The largest absolute Gasteiger partial charge is 0.0996 e. The molecule has 4 aliphatic rings. The molecular weight excluding hydrogens is 348 g/mol. The third-order valence-electron chi connectivity index (χ3n) is 10.8. The Bertz CT molecular complexity index is 666. The maximum Gasteiger partial charge on any atom is -0.00827 e. The average Bonchev–Trinajstić information content (AvgIpc) is 3.03. The molecule has 0 aromatic heterocycles. The third-order valence-corrected chi connectivity index (χ3v) is 10.8. The van der Waals surface area contributed by atoms with E-state index >= 15 is 0 Å². The van der Waals surface area contributed by atoms with Crippen LogP contribution >= 0.6 is 0 Å². The molecule has 0 unspecified atom stereocenters. The minimum Gasteiger partial charge on any atom is -0.0996 e. The van der Waals surface area contributed by atoms with E-state index in [1.165, 1.54) is 76.2 Å². The number of rotatable bonds is 5. The van der Waals surface area contributed by atoms with Crippen molar-refractivity contribution in [3.8, 4) is 0 Å². The van der Waals surface area contributed by atoms with Crippen molar-refractivity contribution in [2.45, 2.75) is 112 Å². The van der Waals surface area contributed by atoms with Gasteiger partial charge in [-0.25, -0.2) is 0 Å². The maximum atomic E-state index is 4.35. The summed E-state index contributed by atoms with van der Waals surface area (Å²) >= 11 is 0. The van der Waals surface area contributed by atoms with Crippen molar-refractivity contribution >= 4 is 0 Å². The molecule has 0 bridgehead atoms. The van der Waals surface area contributed by atoms with E-state index in [1.807, 2.05) is 11.1 Å². The molecule has 0 aromatic carbocycles. The fourth-order valence-corrected chi connectivity index (χ4v) is 8.87. The molecule has 4 rings (SSSR count). The first kappa shape index (κ1) is 21.7. The molecule has 0 heterocycles. The second-order valence-corrected chi connectivity index (χ2v) is 12.5. The van der Waals surface area contributed by atoms with Gasteiger partial charge in [0.25, 0.3) is 0 Å². The SMILES string of the molecule is C=C(CC[C@@H](C)[C@H]1CC[C@H]2C3=C(CC[C@]12C)[C@@]1(C)CCC[C@H](C)[C@H]1CC3)C(C)C. The van der Waals surface area contributed by atoms with Gasteiger partial charge in [-0.05, 0) is 104 Å². The summed E-state index contributed by atoms with van der Waals surface area (Å²) in [6.07, 6.45) is 15.8. The fourth-order valence-electron chi connectivity index (χ4n) is 8.87. The van der Waals surface area contributed by atoms with E-state index < -0.39 is 0 Å². The van der Waals surface area contributed by atoms with Gasteiger partial charge in [0.2, 0.25) is 0 Å². The van der Waals surface area contributed by atoms with Gasteiger partial charge >= 0.3 is 0 Å². The summed E-state index contributed by atoms with van der Waals surface area (Å²) < 4.78 is 0. The van der Waals surface area contributed by atoms with Crippen LogP contribution in [0.25, 0.3) is 0 Å². The van der Waals surface area contributed by atoms with Crippen LogP contribution in [-0.4, -0.2) is 0 Å². The average molecular weight is 397 g/mol. The highest BCUT2D eigenvalue weighted by Crippen LogP contribution is 2.66. The molecule has 0 nitrogen and oxygen atoms in total. The Hall–Kier alpha value is -0.520. The lowest BCUT2D eigenvalue weighted by atomic mass is 9.49. The summed E-state index contributed by atoms with van der Waals surface area (Å²) in [7, 11) is 0. The Balaban J connectivity index is 1.54. The molecule has 7 atom stereocenters. The Kier molecular flexibility index (Phi) is 5.89. The van der Waals surface area contributed by atoms with Crippen LogP contribution < -0.4 is 0 Å². The van der Waals surface area contributed by atoms with Crippen LogP contribution in [0.4, 0.5) is 0 Å². The summed E-state index contributed by atoms with van der Waals surface area (Å²) in [5.74, 6) is 5.24. The highest BCUT2D eigenvalue weighted by Gasteiger charge is 2.55. The molecule has 0 saturated heterocycles. The molecule has 2 saturated carbocycles. The van der Waals surface area contributed by atoms with E-state index in [2.05, 4.69) is 48.1 Å². The van der Waals surface area contributed by atoms with E-state index in [9.17, 15) is 0 Å². The van der Waals surface area contributed by atoms with Crippen LogP contribution in [0.5, 0.6) is 0 Å². The zero-order chi connectivity index (χ0) is 21.0. The van der Waals surface area contributed by atoms with Crippen LogP contribution in [0, 0.1) is 46.3 Å². The second-order valence-electron chi connectivity index (χ2n) is 12.5. The molecule has 4 aliphatic carbocycles. The van der Waals surface area contributed by atoms with Gasteiger partial charge in [0.1, 0.15) is 0 Å². The van der Waals surface area contributed by atoms with Gasteiger partial charge in [0.15, 0.2) is 0 Å². The number of allylic oxidation sites excluding steroid dienone is 3. The van der Waals surface area contributed by atoms with Gasteiger partial charge in [-0.15, -0.1) is 0 Å². The Labute approximate surface area is 182 Å². The maximum absolute atomic E-state index is 4.35. The summed E-state index contributed by atoms with van der Waals surface area (Å²) in [6.45, 7) is 19.5. The first-order valence-electron chi connectivity index (χ1n) is 13.1. The summed E-state index contributed by atoms with van der Waals surface area (Å²) in [5.41, 5.74) is 6.53. The standard InChI is InChI=1S/C29H48/c1-19(2)20(3)10-11-22(5)25-14-15-26-23-12-13-24-21(4)9-8-17-28(24,6)27(23)16-18-29(25,26)7/h19,21-22,24-26H,3,8-18H2,1-2,4-7H3/t21-,22+,24+,25+,26-,28-,29+/m0/s1. The second kappa shape index (κ2) is 7.87. The van der Waals surface area contributed by atoms with Gasteiger partial charge in [0.05, 0.1) is 0 Å². The predicted molar refractivity (Wildman–Crippen MR) is 127 cm³/mol. The minimum absolute atomic E-state index is 0.547. The lowest BCUT2D eigenvalue weighted by Crippen LogP contribution is -2.45. The molecule has 0 amide bonds. The lowest BCUT2D eigenvalue weighted by molar-refractivity contribution is 0.0440. The molecule has 0 aromatic rings. The molecule has 0 N–H and O–H groups in total. The summed E-state index contributed by atoms with van der Waals surface area (Å²) in [4.78, 5) is 0. The van der Waals surface area contributed by atoms with Crippen molar-refractivity contribution in [2.75, 3.05) is 0 Å². The molecule has 0 radical (unpaired) electrons. The monoisotopic (exact) mass is 396 g/mol. The quantitative estimate of drug-likeness (QED) is 0.407. The summed E-state index contributed by atoms with van der Waals surface area (Å²) in [5, 5.41) is 0. The van der Waals surface area contributed by atoms with Crippen molar-refractivity contribution in [2.24, 2.45) is 46.3 Å². The van der Waals surface area contributed by atoms with E-state index in [0.717, 1.165) is 29.6 Å². The van der Waals surface area contributed by atoms with Crippen LogP contribution in [-0.2, 0) is 0 Å². The normalized spacial score (nSPS) is 43.0. The van der Waals surface area contributed by atoms with E-state index in [-0.39, 0.29) is 0 Å². The Morgan fingerprint density at radius 1 is 1.03 bits per heavy atom. The van der Waals surface area contributed by atoms with E-state index in [1.54, 1.807) is 0 Å². The van der Waals surface area contributed by atoms with Crippen LogP contribution in [0.15, 0.2) is 23.3 Å². The van der Waals surface area contributed by atoms with Crippen molar-refractivity contribution < 1.29 is 0 Å². The lowest BCUT2D eigenvalue weighted by Gasteiger charge is -2.56. The van der Waals surface area contributed by atoms with Crippen LogP contribution in [0.2, 0.25) is 0 Å². The molecule has 0 spiro atoms. The van der Waals surface area contributed by atoms with Crippen molar-refractivity contribution in [1.29, 1.82) is 0 Å². The first-order chi connectivity index (χ1) is 13.7. The third kappa shape index (κ3) is 3.49. The molecule has 164 valence electrons. The van der Waals surface area contributed by atoms with Crippen molar-refractivity contribution in [3.05, 3.63) is 23.3 Å². The van der Waals surface area contributed by atoms with Gasteiger partial charge in [0, 0.05) is 0 Å². The van der Waals surface area contributed by atoms with Crippen molar-refractivity contribution in [1.82, 2.24) is 0 Å². The zero-order valence-electron chi connectivity index (χ0n) is 20.4.